The summed E-state index contributed by atoms with van der Waals surface area (Å²) in [6, 6.07) is 27.6. The first-order valence-electron chi connectivity index (χ1n) is 14.3. The maximum Gasteiger partial charge on any atom is 0.343 e. The number of nitrogens with one attached hydrogen (secondary N) is 2. The monoisotopic (exact) mass is 590 g/mol. The number of hydrogen-bond acceptors (Lipinski definition) is 7. The lowest BCUT2D eigenvalue weighted by atomic mass is 10.0. The molecule has 0 spiro atoms. The second-order valence-electron chi connectivity index (χ2n) is 10.0. The fourth-order valence-electron chi connectivity index (χ4n) is 4.77. The average Bonchev–Trinajstić information content (AvgIpc) is 3.42. The Hall–Kier alpha value is -5.57. The quantitative estimate of drug-likeness (QED) is 0.0770. The number of rotatable bonds is 11. The summed E-state index contributed by atoms with van der Waals surface area (Å²) in [5.41, 5.74) is 7.37. The molecule has 1 aromatic heterocycles. The zero-order valence-corrected chi connectivity index (χ0v) is 25.1. The molecular weight excluding hydrogens is 556 g/mol. The molecule has 0 saturated carbocycles. The number of hydrogen-bond donors (Lipinski definition) is 2. The van der Waals surface area contributed by atoms with Crippen LogP contribution < -0.4 is 24.5 Å². The van der Waals surface area contributed by atoms with Crippen LogP contribution in [0.4, 0.5) is 5.69 Å². The molecule has 2 N–H and O–H groups in total. The van der Waals surface area contributed by atoms with Gasteiger partial charge in [0.2, 0.25) is 0 Å². The third-order valence-corrected chi connectivity index (χ3v) is 6.86. The molecule has 9 heteroatoms. The van der Waals surface area contributed by atoms with E-state index in [1.807, 2.05) is 75.3 Å². The highest BCUT2D eigenvalue weighted by atomic mass is 16.5. The van der Waals surface area contributed by atoms with Crippen molar-refractivity contribution in [1.82, 2.24) is 10.4 Å². The van der Waals surface area contributed by atoms with Crippen molar-refractivity contribution in [2.75, 3.05) is 32.2 Å². The van der Waals surface area contributed by atoms with Crippen LogP contribution in [0.2, 0.25) is 0 Å². The minimum absolute atomic E-state index is 0.286. The van der Waals surface area contributed by atoms with Gasteiger partial charge in [-0.05, 0) is 67.9 Å². The van der Waals surface area contributed by atoms with E-state index < -0.39 is 11.9 Å². The summed E-state index contributed by atoms with van der Waals surface area (Å²) in [5.74, 6) is 0.328. The van der Waals surface area contributed by atoms with E-state index in [2.05, 4.69) is 21.6 Å². The molecule has 224 valence electrons. The maximum absolute atomic E-state index is 13.5. The summed E-state index contributed by atoms with van der Waals surface area (Å²) in [6.07, 6.45) is 1.44. The van der Waals surface area contributed by atoms with Gasteiger partial charge in [-0.25, -0.2) is 10.2 Å². The van der Waals surface area contributed by atoms with E-state index in [9.17, 15) is 9.59 Å². The van der Waals surface area contributed by atoms with Gasteiger partial charge in [-0.2, -0.15) is 5.10 Å². The number of carbonyl (C=O) groups excluding carboxylic acids is 2. The Kier molecular flexibility index (Phi) is 9.25. The number of carbonyl (C=O) groups is 2. The van der Waals surface area contributed by atoms with Gasteiger partial charge in [0.25, 0.3) is 5.91 Å². The van der Waals surface area contributed by atoms with Crippen LogP contribution in [0.25, 0.3) is 22.0 Å². The third-order valence-electron chi connectivity index (χ3n) is 6.86. The lowest BCUT2D eigenvalue weighted by molar-refractivity contribution is 0.0733. The van der Waals surface area contributed by atoms with Crippen molar-refractivity contribution >= 4 is 34.7 Å². The standard InChI is InChI=1S/C35H34N4O5/c1-5-42-30-19-16-24(20-31(30)43-6-2)35(41)44-29-15-11-10-14-25(29)22-36-38-34(40)33-32(23-12-8-7-9-13-23)27-21-26(39(3)4)17-18-28(27)37-33/h7-22,37H,5-6H2,1-4H3,(H,38,40). The molecule has 5 rings (SSSR count). The van der Waals surface area contributed by atoms with Gasteiger partial charge in [0, 0.05) is 41.8 Å². The summed E-state index contributed by atoms with van der Waals surface area (Å²) in [5, 5.41) is 5.13. The van der Waals surface area contributed by atoms with Gasteiger partial charge < -0.3 is 24.1 Å². The topological polar surface area (TPSA) is 105 Å². The summed E-state index contributed by atoms with van der Waals surface area (Å²) in [4.78, 5) is 31.8. The number of amides is 1. The molecule has 44 heavy (non-hydrogen) atoms. The van der Waals surface area contributed by atoms with Crippen LogP contribution in [-0.4, -0.2) is 50.4 Å². The van der Waals surface area contributed by atoms with Gasteiger partial charge in [-0.15, -0.1) is 0 Å². The van der Waals surface area contributed by atoms with Crippen molar-refractivity contribution in [2.24, 2.45) is 5.10 Å². The van der Waals surface area contributed by atoms with Gasteiger partial charge in [-0.3, -0.25) is 4.79 Å². The fraction of sp³-hybridized carbons (Fsp3) is 0.171. The summed E-state index contributed by atoms with van der Waals surface area (Å²) in [6.45, 7) is 4.63. The van der Waals surface area contributed by atoms with Crippen molar-refractivity contribution in [3.63, 3.8) is 0 Å². The number of ether oxygens (including phenoxy) is 3. The number of aromatic amines is 1. The second kappa shape index (κ2) is 13.6. The highest BCUT2D eigenvalue weighted by molar-refractivity contribution is 6.10. The number of para-hydroxylation sites is 1. The Morgan fingerprint density at radius 1 is 0.841 bits per heavy atom. The number of anilines is 1. The number of fused-ring (bicyclic) bond motifs is 1. The molecule has 0 fully saturated rings. The Bertz CT molecular complexity index is 1810. The van der Waals surface area contributed by atoms with Gasteiger partial charge in [0.05, 0.1) is 25.0 Å². The number of hydrazone groups is 1. The molecular formula is C35H34N4O5. The highest BCUT2D eigenvalue weighted by Gasteiger charge is 2.20. The predicted octanol–water partition coefficient (Wildman–Crippen LogP) is 6.68. The maximum atomic E-state index is 13.5. The molecule has 0 bridgehead atoms. The van der Waals surface area contributed by atoms with Gasteiger partial charge >= 0.3 is 5.97 Å². The average molecular weight is 591 g/mol. The zero-order valence-electron chi connectivity index (χ0n) is 25.1. The zero-order chi connectivity index (χ0) is 31.1. The smallest absolute Gasteiger partial charge is 0.343 e. The van der Waals surface area contributed by atoms with Gasteiger partial charge in [-0.1, -0.05) is 42.5 Å². The molecule has 0 radical (unpaired) electrons. The van der Waals surface area contributed by atoms with Crippen molar-refractivity contribution in [3.05, 3.63) is 108 Å². The molecule has 0 aliphatic carbocycles. The number of H-pyrrole nitrogens is 1. The molecule has 9 nitrogen and oxygen atoms in total. The van der Waals surface area contributed by atoms with E-state index in [1.54, 1.807) is 42.5 Å². The van der Waals surface area contributed by atoms with Gasteiger partial charge in [0.1, 0.15) is 11.4 Å². The molecule has 0 saturated heterocycles. The first kappa shape index (κ1) is 29.9. The normalized spacial score (nSPS) is 11.0. The number of benzene rings is 4. The van der Waals surface area contributed by atoms with Crippen LogP contribution >= 0.6 is 0 Å². The highest BCUT2D eigenvalue weighted by Crippen LogP contribution is 2.35. The van der Waals surface area contributed by atoms with Crippen LogP contribution in [0, 0.1) is 0 Å². The largest absolute Gasteiger partial charge is 0.490 e. The fourth-order valence-corrected chi connectivity index (χ4v) is 4.77. The molecule has 0 aliphatic heterocycles. The van der Waals surface area contributed by atoms with Gasteiger partial charge in [0.15, 0.2) is 11.5 Å². The van der Waals surface area contributed by atoms with Crippen molar-refractivity contribution < 1.29 is 23.8 Å². The van der Waals surface area contributed by atoms with E-state index in [-0.39, 0.29) is 5.75 Å². The lowest BCUT2D eigenvalue weighted by Gasteiger charge is -2.12. The summed E-state index contributed by atoms with van der Waals surface area (Å²) < 4.78 is 16.9. The number of aromatic nitrogens is 1. The first-order chi connectivity index (χ1) is 21.4. The third kappa shape index (κ3) is 6.57. The molecule has 1 heterocycles. The summed E-state index contributed by atoms with van der Waals surface area (Å²) >= 11 is 0. The molecule has 0 unspecified atom stereocenters. The van der Waals surface area contributed by atoms with Crippen LogP contribution in [0.15, 0.2) is 96.1 Å². The Labute approximate surface area is 256 Å². The second-order valence-corrected chi connectivity index (χ2v) is 10.0. The molecule has 1 amide bonds. The Morgan fingerprint density at radius 3 is 2.32 bits per heavy atom. The predicted molar refractivity (Wildman–Crippen MR) is 173 cm³/mol. The summed E-state index contributed by atoms with van der Waals surface area (Å²) in [7, 11) is 3.95. The van der Waals surface area contributed by atoms with E-state index in [4.69, 9.17) is 14.2 Å². The molecule has 4 aromatic carbocycles. The van der Waals surface area contributed by atoms with Crippen molar-refractivity contribution in [1.29, 1.82) is 0 Å². The number of nitrogens with zero attached hydrogens (tertiary/aromatic N) is 2. The molecule has 0 atom stereocenters. The molecule has 5 aromatic rings. The first-order valence-corrected chi connectivity index (χ1v) is 14.3. The van der Waals surface area contributed by atoms with E-state index >= 15 is 0 Å². The Balaban J connectivity index is 1.37. The van der Waals surface area contributed by atoms with Crippen LogP contribution in [0.3, 0.4) is 0 Å². The van der Waals surface area contributed by atoms with E-state index in [0.717, 1.165) is 27.7 Å². The van der Waals surface area contributed by atoms with Crippen molar-refractivity contribution in [3.8, 4) is 28.4 Å². The van der Waals surface area contributed by atoms with E-state index in [1.165, 1.54) is 6.21 Å². The Morgan fingerprint density at radius 2 is 1.57 bits per heavy atom. The van der Waals surface area contributed by atoms with Crippen LogP contribution in [-0.2, 0) is 0 Å². The van der Waals surface area contributed by atoms with Crippen LogP contribution in [0.5, 0.6) is 17.2 Å². The molecule has 0 aliphatic rings. The van der Waals surface area contributed by atoms with Crippen molar-refractivity contribution in [2.45, 2.75) is 13.8 Å². The lowest BCUT2D eigenvalue weighted by Crippen LogP contribution is -2.19. The number of esters is 1. The van der Waals surface area contributed by atoms with E-state index in [0.29, 0.717) is 41.5 Å². The minimum Gasteiger partial charge on any atom is -0.490 e. The van der Waals surface area contributed by atoms with Crippen LogP contribution in [0.1, 0.15) is 40.3 Å². The minimum atomic E-state index is -0.568. The SMILES string of the molecule is CCOc1ccc(C(=O)Oc2ccccc2C=NNC(=O)c2[nH]c3ccc(N(C)C)cc3c2-c2ccccc2)cc1OCC.